The number of anilines is 2. The second-order valence-electron chi connectivity index (χ2n) is 9.24. The molecule has 1 spiro atoms. The van der Waals surface area contributed by atoms with Gasteiger partial charge in [0.2, 0.25) is 17.7 Å². The largest absolute Gasteiger partial charge is 0.497 e. The Morgan fingerprint density at radius 3 is 2.46 bits per heavy atom. The van der Waals surface area contributed by atoms with Gasteiger partial charge in [-0.3, -0.25) is 14.4 Å². The van der Waals surface area contributed by atoms with Crippen molar-refractivity contribution >= 4 is 29.1 Å². The molecule has 3 amide bonds. The molecule has 3 heterocycles. The first-order valence-corrected chi connectivity index (χ1v) is 11.9. The Morgan fingerprint density at radius 2 is 1.77 bits per heavy atom. The Balaban J connectivity index is 1.43. The Morgan fingerprint density at radius 1 is 1.09 bits per heavy atom. The number of hydrogen-bond acceptors (Lipinski definition) is 6. The van der Waals surface area contributed by atoms with Gasteiger partial charge in [-0.2, -0.15) is 0 Å². The highest BCUT2D eigenvalue weighted by Gasteiger charge is 2.74. The topological polar surface area (TPSA) is 117 Å². The summed E-state index contributed by atoms with van der Waals surface area (Å²) in [4.78, 5) is 42.1. The highest BCUT2D eigenvalue weighted by Crippen LogP contribution is 2.58. The van der Waals surface area contributed by atoms with E-state index in [0.717, 1.165) is 0 Å². The zero-order valence-corrected chi connectivity index (χ0v) is 19.5. The molecule has 35 heavy (non-hydrogen) atoms. The van der Waals surface area contributed by atoms with Crippen molar-refractivity contribution in [3.8, 4) is 5.75 Å². The van der Waals surface area contributed by atoms with Crippen molar-refractivity contribution in [2.75, 3.05) is 30.9 Å². The number of nitrogens with zero attached hydrogens (tertiary/aromatic N) is 1. The summed E-state index contributed by atoms with van der Waals surface area (Å²) >= 11 is 0. The van der Waals surface area contributed by atoms with Gasteiger partial charge in [-0.25, -0.2) is 0 Å². The lowest BCUT2D eigenvalue weighted by molar-refractivity contribution is -0.139. The maximum atomic E-state index is 13.7. The van der Waals surface area contributed by atoms with E-state index in [2.05, 4.69) is 10.6 Å². The molecule has 2 aromatic carbocycles. The summed E-state index contributed by atoms with van der Waals surface area (Å²) in [6.07, 6.45) is 1.01. The highest BCUT2D eigenvalue weighted by molar-refractivity contribution is 6.05. The average molecular weight is 480 g/mol. The van der Waals surface area contributed by atoms with E-state index >= 15 is 0 Å². The van der Waals surface area contributed by atoms with Gasteiger partial charge in [0.05, 0.1) is 25.0 Å². The molecular weight excluding hydrogens is 450 g/mol. The van der Waals surface area contributed by atoms with E-state index in [-0.39, 0.29) is 30.9 Å². The minimum Gasteiger partial charge on any atom is -0.497 e. The van der Waals surface area contributed by atoms with Crippen molar-refractivity contribution in [3.63, 3.8) is 0 Å². The molecule has 3 aliphatic rings. The number of para-hydroxylation sites is 1. The smallest absolute Gasteiger partial charge is 0.250 e. The van der Waals surface area contributed by atoms with Crippen LogP contribution in [0.4, 0.5) is 11.4 Å². The van der Waals surface area contributed by atoms with Crippen LogP contribution in [-0.2, 0) is 19.1 Å². The average Bonchev–Trinajstić information content (AvgIpc) is 3.51. The van der Waals surface area contributed by atoms with Crippen molar-refractivity contribution in [1.82, 2.24) is 4.90 Å². The van der Waals surface area contributed by atoms with Gasteiger partial charge in [-0.05, 0) is 55.7 Å². The number of likely N-dealkylation sites (tertiary alicyclic amines) is 1. The summed E-state index contributed by atoms with van der Waals surface area (Å²) in [5, 5.41) is 15.2. The molecule has 9 nitrogen and oxygen atoms in total. The van der Waals surface area contributed by atoms with Crippen LogP contribution in [0.25, 0.3) is 0 Å². The molecule has 3 saturated heterocycles. The maximum Gasteiger partial charge on any atom is 0.250 e. The standard InChI is InChI=1S/C26H29N3O6/c1-34-18-10-8-17(9-11-18)28-24(32)22-26-13-12-19(35-26)20(21(26)25(33)29(22)14-5-15-30)23(31)27-16-6-3-2-4-7-16/h2-4,6-11,19-22,30H,5,12-15H2,1H3,(H,27,31)(H,28,32)/t19-,20+,21+,22?,26?/m1/s1. The third kappa shape index (κ3) is 3.94. The Kier molecular flexibility index (Phi) is 6.21. The van der Waals surface area contributed by atoms with E-state index in [1.54, 1.807) is 43.5 Å². The molecule has 184 valence electrons. The fourth-order valence-corrected chi connectivity index (χ4v) is 5.87. The third-order valence-corrected chi connectivity index (χ3v) is 7.31. The van der Waals surface area contributed by atoms with Gasteiger partial charge in [0, 0.05) is 24.5 Å². The lowest BCUT2D eigenvalue weighted by Crippen LogP contribution is -2.53. The fourth-order valence-electron chi connectivity index (χ4n) is 5.87. The van der Waals surface area contributed by atoms with E-state index in [0.29, 0.717) is 36.4 Å². The summed E-state index contributed by atoms with van der Waals surface area (Å²) in [6.45, 7) is 0.0883. The van der Waals surface area contributed by atoms with Gasteiger partial charge in [-0.15, -0.1) is 0 Å². The first kappa shape index (κ1) is 23.3. The van der Waals surface area contributed by atoms with E-state index in [1.807, 2.05) is 18.2 Å². The predicted molar refractivity (Wildman–Crippen MR) is 128 cm³/mol. The third-order valence-electron chi connectivity index (χ3n) is 7.31. The first-order valence-electron chi connectivity index (χ1n) is 11.9. The highest BCUT2D eigenvalue weighted by atomic mass is 16.5. The number of amides is 3. The lowest BCUT2D eigenvalue weighted by Gasteiger charge is -2.33. The molecular formula is C26H29N3O6. The maximum absolute atomic E-state index is 13.7. The Bertz CT molecular complexity index is 1110. The van der Waals surface area contributed by atoms with Gasteiger partial charge in [0.15, 0.2) is 0 Å². The second kappa shape index (κ2) is 9.31. The minimum absolute atomic E-state index is 0.115. The van der Waals surface area contributed by atoms with Crippen LogP contribution in [0.15, 0.2) is 54.6 Å². The monoisotopic (exact) mass is 479 g/mol. The number of aliphatic hydroxyl groups is 1. The minimum atomic E-state index is -1.08. The summed E-state index contributed by atoms with van der Waals surface area (Å²) < 4.78 is 11.6. The molecule has 5 rings (SSSR count). The van der Waals surface area contributed by atoms with Crippen LogP contribution >= 0.6 is 0 Å². The van der Waals surface area contributed by atoms with E-state index < -0.39 is 29.6 Å². The van der Waals surface area contributed by atoms with E-state index in [9.17, 15) is 19.5 Å². The number of carbonyl (C=O) groups excluding carboxylic acids is 3. The van der Waals surface area contributed by atoms with Crippen LogP contribution in [-0.4, -0.2) is 65.7 Å². The molecule has 2 bridgehead atoms. The summed E-state index contributed by atoms with van der Waals surface area (Å²) in [6, 6.07) is 15.1. The van der Waals surface area contributed by atoms with Crippen molar-refractivity contribution in [3.05, 3.63) is 54.6 Å². The number of aliphatic hydroxyl groups excluding tert-OH is 1. The fraction of sp³-hybridized carbons (Fsp3) is 0.423. The summed E-state index contributed by atoms with van der Waals surface area (Å²) in [7, 11) is 1.56. The molecule has 2 aromatic rings. The molecule has 9 heteroatoms. The van der Waals surface area contributed by atoms with Gasteiger partial charge >= 0.3 is 0 Å². The molecule has 0 aliphatic carbocycles. The normalized spacial score (nSPS) is 28.6. The Labute approximate surface area is 203 Å². The molecule has 2 unspecified atom stereocenters. The summed E-state index contributed by atoms with van der Waals surface area (Å²) in [5.74, 6) is -1.70. The molecule has 3 N–H and O–H groups in total. The van der Waals surface area contributed by atoms with Gasteiger partial charge in [0.1, 0.15) is 17.4 Å². The van der Waals surface area contributed by atoms with Crippen LogP contribution in [0.2, 0.25) is 0 Å². The zero-order valence-electron chi connectivity index (χ0n) is 19.5. The second-order valence-corrected chi connectivity index (χ2v) is 9.24. The number of ether oxygens (including phenoxy) is 2. The van der Waals surface area contributed by atoms with Crippen molar-refractivity contribution in [2.24, 2.45) is 11.8 Å². The number of fused-ring (bicyclic) bond motifs is 1. The first-order chi connectivity index (χ1) is 17.0. The molecule has 3 aliphatic heterocycles. The SMILES string of the molecule is COc1ccc(NC(=O)C2N(CCCO)C(=O)[C@@H]3[C@@H](C(=O)Nc4ccccc4)[C@H]4CCC23O4)cc1. The molecule has 5 atom stereocenters. The van der Waals surface area contributed by atoms with Crippen LogP contribution in [0, 0.1) is 11.8 Å². The van der Waals surface area contributed by atoms with Crippen molar-refractivity contribution in [2.45, 2.75) is 37.0 Å². The quantitative estimate of drug-likeness (QED) is 0.533. The van der Waals surface area contributed by atoms with Gasteiger partial charge in [0.25, 0.3) is 0 Å². The molecule has 0 aromatic heterocycles. The van der Waals surface area contributed by atoms with Crippen LogP contribution in [0.5, 0.6) is 5.75 Å². The van der Waals surface area contributed by atoms with Gasteiger partial charge < -0.3 is 30.1 Å². The van der Waals surface area contributed by atoms with Gasteiger partial charge in [-0.1, -0.05) is 18.2 Å². The number of nitrogens with one attached hydrogen (secondary N) is 2. The number of carbonyl (C=O) groups is 3. The van der Waals surface area contributed by atoms with Crippen LogP contribution < -0.4 is 15.4 Å². The molecule has 0 saturated carbocycles. The van der Waals surface area contributed by atoms with Crippen molar-refractivity contribution in [1.29, 1.82) is 0 Å². The number of rotatable bonds is 8. The predicted octanol–water partition coefficient (Wildman–Crippen LogP) is 2.03. The van der Waals surface area contributed by atoms with Crippen LogP contribution in [0.3, 0.4) is 0 Å². The van der Waals surface area contributed by atoms with E-state index in [4.69, 9.17) is 9.47 Å². The van der Waals surface area contributed by atoms with Crippen molar-refractivity contribution < 1.29 is 29.0 Å². The van der Waals surface area contributed by atoms with E-state index in [1.165, 1.54) is 4.90 Å². The molecule has 3 fully saturated rings. The number of hydrogen-bond donors (Lipinski definition) is 3. The lowest BCUT2D eigenvalue weighted by atomic mass is 9.70. The summed E-state index contributed by atoms with van der Waals surface area (Å²) in [5.41, 5.74) is 0.133. The Hall–Kier alpha value is -3.43. The molecule has 0 radical (unpaired) electrons. The number of benzene rings is 2. The zero-order chi connectivity index (χ0) is 24.6. The number of methoxy groups -OCH3 is 1. The van der Waals surface area contributed by atoms with Crippen LogP contribution in [0.1, 0.15) is 19.3 Å².